The molecule has 128 valence electrons. The van der Waals surface area contributed by atoms with Crippen LogP contribution in [0.5, 0.6) is 0 Å². The van der Waals surface area contributed by atoms with E-state index in [1.807, 2.05) is 6.07 Å². The highest BCUT2D eigenvalue weighted by atomic mass is 35.5. The number of halogens is 2. The Labute approximate surface area is 153 Å². The number of hydrogen-bond acceptors (Lipinski definition) is 5. The summed E-state index contributed by atoms with van der Waals surface area (Å²) in [6, 6.07) is 10.6. The highest BCUT2D eigenvalue weighted by Gasteiger charge is 2.24. The van der Waals surface area contributed by atoms with Crippen LogP contribution in [0.25, 0.3) is 0 Å². The quantitative estimate of drug-likeness (QED) is 0.432. The number of nitriles is 1. The van der Waals surface area contributed by atoms with Gasteiger partial charge in [-0.3, -0.25) is 10.1 Å². The SMILES string of the molecule is COC(=O)c1ccc(Cl)c(CC(C#N)c2cc(Cl)ccc2[N+](=O)[O-])c1. The van der Waals surface area contributed by atoms with Gasteiger partial charge in [-0.1, -0.05) is 23.2 Å². The van der Waals surface area contributed by atoms with Crippen LogP contribution in [0.4, 0.5) is 5.69 Å². The maximum absolute atomic E-state index is 11.7. The number of esters is 1. The van der Waals surface area contributed by atoms with Crippen molar-refractivity contribution in [1.82, 2.24) is 0 Å². The van der Waals surface area contributed by atoms with Crippen LogP contribution in [0.15, 0.2) is 36.4 Å². The largest absolute Gasteiger partial charge is 0.465 e. The molecule has 0 aliphatic carbocycles. The maximum Gasteiger partial charge on any atom is 0.337 e. The first-order chi connectivity index (χ1) is 11.9. The number of carbonyl (C=O) groups excluding carboxylic acids is 1. The number of hydrogen-bond donors (Lipinski definition) is 0. The van der Waals surface area contributed by atoms with Gasteiger partial charge in [-0.25, -0.2) is 4.79 Å². The first-order valence-electron chi connectivity index (χ1n) is 7.07. The molecule has 0 saturated carbocycles. The molecule has 0 aromatic heterocycles. The van der Waals surface area contributed by atoms with Gasteiger partial charge in [0, 0.05) is 21.7 Å². The molecule has 2 rings (SSSR count). The minimum absolute atomic E-state index is 0.0847. The van der Waals surface area contributed by atoms with Crippen LogP contribution in [0.1, 0.15) is 27.4 Å². The highest BCUT2D eigenvalue weighted by molar-refractivity contribution is 6.31. The molecule has 0 bridgehead atoms. The lowest BCUT2D eigenvalue weighted by Gasteiger charge is -2.12. The second-order valence-electron chi connectivity index (χ2n) is 5.14. The number of carbonyl (C=O) groups is 1. The van der Waals surface area contributed by atoms with Gasteiger partial charge in [0.25, 0.3) is 5.69 Å². The number of nitro groups is 1. The minimum atomic E-state index is -0.857. The fourth-order valence-electron chi connectivity index (χ4n) is 2.39. The van der Waals surface area contributed by atoms with Crippen molar-refractivity contribution in [2.45, 2.75) is 12.3 Å². The molecule has 0 spiro atoms. The molecule has 0 heterocycles. The molecule has 0 N–H and O–H groups in total. The Morgan fingerprint density at radius 1 is 1.32 bits per heavy atom. The third-order valence-corrected chi connectivity index (χ3v) is 4.21. The number of ether oxygens (including phenoxy) is 1. The lowest BCUT2D eigenvalue weighted by atomic mass is 9.91. The van der Waals surface area contributed by atoms with E-state index < -0.39 is 16.8 Å². The van der Waals surface area contributed by atoms with E-state index >= 15 is 0 Å². The van der Waals surface area contributed by atoms with Gasteiger partial charge >= 0.3 is 5.97 Å². The van der Waals surface area contributed by atoms with Gasteiger partial charge in [0.1, 0.15) is 0 Å². The van der Waals surface area contributed by atoms with E-state index in [0.29, 0.717) is 10.6 Å². The average molecular weight is 379 g/mol. The van der Waals surface area contributed by atoms with E-state index in [0.717, 1.165) is 0 Å². The Morgan fingerprint density at radius 2 is 2.04 bits per heavy atom. The summed E-state index contributed by atoms with van der Waals surface area (Å²) < 4.78 is 4.66. The van der Waals surface area contributed by atoms with Gasteiger partial charge in [-0.05, 0) is 42.3 Å². The molecule has 1 atom stereocenters. The summed E-state index contributed by atoms with van der Waals surface area (Å²) in [6.45, 7) is 0. The van der Waals surface area contributed by atoms with Gasteiger partial charge < -0.3 is 4.74 Å². The van der Waals surface area contributed by atoms with Crippen LogP contribution in [0.2, 0.25) is 10.0 Å². The Bertz CT molecular complexity index is 877. The summed E-state index contributed by atoms with van der Waals surface area (Å²) in [4.78, 5) is 22.3. The molecule has 1 unspecified atom stereocenters. The standard InChI is InChI=1S/C17H12Cl2N2O4/c1-25-17(22)10-2-4-15(19)11(6-10)7-12(9-20)14-8-13(18)3-5-16(14)21(23)24/h2-6,8,12H,7H2,1H3. The van der Waals surface area contributed by atoms with Gasteiger partial charge in [-0.15, -0.1) is 0 Å². The highest BCUT2D eigenvalue weighted by Crippen LogP contribution is 2.33. The number of nitrogens with zero attached hydrogens (tertiary/aromatic N) is 2. The normalized spacial score (nSPS) is 11.4. The van der Waals surface area contributed by atoms with Crippen molar-refractivity contribution in [3.63, 3.8) is 0 Å². The van der Waals surface area contributed by atoms with E-state index in [1.54, 1.807) is 0 Å². The van der Waals surface area contributed by atoms with Crippen LogP contribution < -0.4 is 0 Å². The number of rotatable bonds is 5. The zero-order valence-corrected chi connectivity index (χ0v) is 14.5. The van der Waals surface area contributed by atoms with Gasteiger partial charge in [0.2, 0.25) is 0 Å². The van der Waals surface area contributed by atoms with Crippen LogP contribution in [-0.4, -0.2) is 18.0 Å². The number of methoxy groups -OCH3 is 1. The van der Waals surface area contributed by atoms with Crippen molar-refractivity contribution < 1.29 is 14.5 Å². The van der Waals surface area contributed by atoms with Crippen LogP contribution in [0, 0.1) is 21.4 Å². The van der Waals surface area contributed by atoms with Gasteiger partial charge in [-0.2, -0.15) is 5.26 Å². The fraction of sp³-hybridized carbons (Fsp3) is 0.176. The summed E-state index contributed by atoms with van der Waals surface area (Å²) in [7, 11) is 1.25. The Morgan fingerprint density at radius 3 is 2.64 bits per heavy atom. The number of benzene rings is 2. The average Bonchev–Trinajstić information content (AvgIpc) is 2.59. The second kappa shape index (κ2) is 7.97. The lowest BCUT2D eigenvalue weighted by Crippen LogP contribution is -2.07. The molecule has 0 amide bonds. The molecule has 0 aliphatic heterocycles. The summed E-state index contributed by atoms with van der Waals surface area (Å²) >= 11 is 12.1. The smallest absolute Gasteiger partial charge is 0.337 e. The molecule has 6 nitrogen and oxygen atoms in total. The zero-order chi connectivity index (χ0) is 18.6. The molecule has 0 radical (unpaired) electrons. The molecule has 8 heteroatoms. The van der Waals surface area contributed by atoms with Crippen molar-refractivity contribution in [2.24, 2.45) is 0 Å². The molecule has 25 heavy (non-hydrogen) atoms. The van der Waals surface area contributed by atoms with Crippen molar-refractivity contribution in [3.8, 4) is 6.07 Å². The third kappa shape index (κ3) is 4.27. The molecule has 2 aromatic carbocycles. The Kier molecular flexibility index (Phi) is 5.97. The van der Waals surface area contributed by atoms with Gasteiger partial charge in [0.15, 0.2) is 0 Å². The minimum Gasteiger partial charge on any atom is -0.465 e. The summed E-state index contributed by atoms with van der Waals surface area (Å²) in [5, 5.41) is 21.4. The third-order valence-electron chi connectivity index (χ3n) is 3.61. The molecular formula is C17H12Cl2N2O4. The topological polar surface area (TPSA) is 93.2 Å². The zero-order valence-electron chi connectivity index (χ0n) is 13.0. The molecule has 0 saturated heterocycles. The van der Waals surface area contributed by atoms with E-state index in [-0.39, 0.29) is 28.3 Å². The molecule has 0 aliphatic rings. The predicted octanol–water partition coefficient (Wildman–Crippen LogP) is 4.54. The first kappa shape index (κ1) is 18.7. The number of nitro benzene ring substituents is 1. The maximum atomic E-state index is 11.7. The summed E-state index contributed by atoms with van der Waals surface area (Å²) in [6.07, 6.45) is 0.0847. The van der Waals surface area contributed by atoms with E-state index in [2.05, 4.69) is 4.74 Å². The Hall–Kier alpha value is -2.62. The monoisotopic (exact) mass is 378 g/mol. The van der Waals surface area contributed by atoms with Crippen LogP contribution >= 0.6 is 23.2 Å². The van der Waals surface area contributed by atoms with Crippen molar-refractivity contribution in [2.75, 3.05) is 7.11 Å². The first-order valence-corrected chi connectivity index (χ1v) is 7.83. The van der Waals surface area contributed by atoms with Crippen LogP contribution in [0.3, 0.4) is 0 Å². The van der Waals surface area contributed by atoms with Crippen molar-refractivity contribution >= 4 is 34.9 Å². The molecule has 0 fully saturated rings. The lowest BCUT2D eigenvalue weighted by molar-refractivity contribution is -0.385. The van der Waals surface area contributed by atoms with E-state index in [1.165, 1.54) is 43.5 Å². The van der Waals surface area contributed by atoms with Gasteiger partial charge in [0.05, 0.1) is 29.6 Å². The predicted molar refractivity (Wildman–Crippen MR) is 93.0 cm³/mol. The molecular weight excluding hydrogens is 367 g/mol. The van der Waals surface area contributed by atoms with Crippen molar-refractivity contribution in [1.29, 1.82) is 5.26 Å². The fourth-order valence-corrected chi connectivity index (χ4v) is 2.77. The Balaban J connectivity index is 2.45. The van der Waals surface area contributed by atoms with E-state index in [9.17, 15) is 20.2 Å². The van der Waals surface area contributed by atoms with E-state index in [4.69, 9.17) is 23.2 Å². The summed E-state index contributed by atoms with van der Waals surface area (Å²) in [5.41, 5.74) is 0.778. The summed E-state index contributed by atoms with van der Waals surface area (Å²) in [5.74, 6) is -1.40. The van der Waals surface area contributed by atoms with Crippen molar-refractivity contribution in [3.05, 3.63) is 73.2 Å². The second-order valence-corrected chi connectivity index (χ2v) is 5.99. The molecule has 2 aromatic rings. The van der Waals surface area contributed by atoms with Crippen LogP contribution in [-0.2, 0) is 11.2 Å².